The predicted octanol–water partition coefficient (Wildman–Crippen LogP) is 4.62. The minimum atomic E-state index is 0.633. The first-order chi connectivity index (χ1) is 8.99. The molecule has 1 aromatic rings. The van der Waals surface area contributed by atoms with Gasteiger partial charge in [-0.3, -0.25) is 0 Å². The minimum Gasteiger partial charge on any atom is -0.316 e. The van der Waals surface area contributed by atoms with Crippen molar-refractivity contribution in [3.63, 3.8) is 0 Å². The van der Waals surface area contributed by atoms with Gasteiger partial charge in [-0.25, -0.2) is 0 Å². The fraction of sp³-hybridized carbons (Fsp3) is 0.667. The molecule has 1 heteroatoms. The second-order valence-electron chi connectivity index (χ2n) is 6.59. The molecule has 0 saturated heterocycles. The van der Waals surface area contributed by atoms with Crippen LogP contribution in [0, 0.1) is 11.8 Å². The molecule has 0 radical (unpaired) electrons. The molecule has 0 amide bonds. The van der Waals surface area contributed by atoms with E-state index in [9.17, 15) is 0 Å². The summed E-state index contributed by atoms with van der Waals surface area (Å²) >= 11 is 0. The Hall–Kier alpha value is -0.820. The Kier molecular flexibility index (Phi) is 7.15. The van der Waals surface area contributed by atoms with E-state index in [1.165, 1.54) is 24.0 Å². The van der Waals surface area contributed by atoms with E-state index < -0.39 is 0 Å². The molecular weight excluding hydrogens is 230 g/mol. The lowest BCUT2D eigenvalue weighted by molar-refractivity contribution is 0.454. The molecule has 19 heavy (non-hydrogen) atoms. The van der Waals surface area contributed by atoms with Gasteiger partial charge in [-0.15, -0.1) is 0 Å². The van der Waals surface area contributed by atoms with Crippen LogP contribution in [0.2, 0.25) is 0 Å². The summed E-state index contributed by atoms with van der Waals surface area (Å²) in [6, 6.07) is 9.15. The van der Waals surface area contributed by atoms with Gasteiger partial charge in [0.2, 0.25) is 0 Å². The number of aryl methyl sites for hydroxylation is 1. The van der Waals surface area contributed by atoms with Gasteiger partial charge < -0.3 is 5.32 Å². The predicted molar refractivity (Wildman–Crippen MR) is 85.7 cm³/mol. The van der Waals surface area contributed by atoms with Crippen LogP contribution in [0.4, 0.5) is 0 Å². The molecule has 1 unspecified atom stereocenters. The molecule has 0 fully saturated rings. The van der Waals surface area contributed by atoms with Crippen LogP contribution in [-0.2, 0) is 6.42 Å². The van der Waals surface area contributed by atoms with Crippen molar-refractivity contribution >= 4 is 0 Å². The quantitative estimate of drug-likeness (QED) is 0.719. The van der Waals surface area contributed by atoms with Crippen LogP contribution in [0.25, 0.3) is 0 Å². The van der Waals surface area contributed by atoms with E-state index in [1.54, 1.807) is 0 Å². The van der Waals surface area contributed by atoms with Crippen molar-refractivity contribution < 1.29 is 0 Å². The van der Waals surface area contributed by atoms with Crippen molar-refractivity contribution in [2.75, 3.05) is 13.1 Å². The molecule has 1 nitrogen and oxygen atoms in total. The molecule has 0 aliphatic heterocycles. The summed E-state index contributed by atoms with van der Waals surface area (Å²) in [6.07, 6.45) is 2.47. The van der Waals surface area contributed by atoms with Gasteiger partial charge >= 0.3 is 0 Å². The monoisotopic (exact) mass is 261 g/mol. The summed E-state index contributed by atoms with van der Waals surface area (Å²) in [4.78, 5) is 0. The van der Waals surface area contributed by atoms with Crippen molar-refractivity contribution in [1.82, 2.24) is 5.32 Å². The Labute approximate surface area is 119 Å². The smallest absolute Gasteiger partial charge is 0.00229 e. The van der Waals surface area contributed by atoms with Gasteiger partial charge in [-0.1, -0.05) is 58.9 Å². The van der Waals surface area contributed by atoms with Crippen LogP contribution >= 0.6 is 0 Å². The second-order valence-corrected chi connectivity index (χ2v) is 6.59. The molecule has 0 heterocycles. The van der Waals surface area contributed by atoms with Crippen LogP contribution in [0.3, 0.4) is 0 Å². The molecule has 0 spiro atoms. The SMILES string of the molecule is CC(C)CNCC(C)CCc1ccc(C(C)C)cc1. The van der Waals surface area contributed by atoms with E-state index in [-0.39, 0.29) is 0 Å². The van der Waals surface area contributed by atoms with Crippen LogP contribution in [-0.4, -0.2) is 13.1 Å². The normalized spacial score (nSPS) is 13.2. The Morgan fingerprint density at radius 3 is 2.05 bits per heavy atom. The number of benzene rings is 1. The molecule has 1 N–H and O–H groups in total. The summed E-state index contributed by atoms with van der Waals surface area (Å²) in [5, 5.41) is 3.54. The van der Waals surface area contributed by atoms with Crippen LogP contribution in [0.1, 0.15) is 58.1 Å². The lowest BCUT2D eigenvalue weighted by Gasteiger charge is -2.14. The molecule has 1 atom stereocenters. The second kappa shape index (κ2) is 8.37. The zero-order chi connectivity index (χ0) is 14.3. The van der Waals surface area contributed by atoms with E-state index >= 15 is 0 Å². The molecule has 0 aromatic heterocycles. The lowest BCUT2D eigenvalue weighted by atomic mass is 9.97. The first kappa shape index (κ1) is 16.2. The lowest BCUT2D eigenvalue weighted by Crippen LogP contribution is -2.25. The van der Waals surface area contributed by atoms with Crippen LogP contribution in [0.15, 0.2) is 24.3 Å². The van der Waals surface area contributed by atoms with Crippen LogP contribution in [0.5, 0.6) is 0 Å². The summed E-state index contributed by atoms with van der Waals surface area (Å²) in [6.45, 7) is 13.6. The molecule has 1 rings (SSSR count). The molecule has 0 saturated carbocycles. The van der Waals surface area contributed by atoms with E-state index in [2.05, 4.69) is 64.2 Å². The number of hydrogen-bond acceptors (Lipinski definition) is 1. The molecule has 1 aromatic carbocycles. The number of hydrogen-bond donors (Lipinski definition) is 1. The Bertz CT molecular complexity index is 337. The maximum atomic E-state index is 3.54. The third-order valence-electron chi connectivity index (χ3n) is 3.62. The highest BCUT2D eigenvalue weighted by atomic mass is 14.9. The van der Waals surface area contributed by atoms with Gasteiger partial charge in [0.05, 0.1) is 0 Å². The first-order valence-corrected chi connectivity index (χ1v) is 7.78. The van der Waals surface area contributed by atoms with Crippen molar-refractivity contribution in [2.45, 2.75) is 53.4 Å². The van der Waals surface area contributed by atoms with E-state index in [0.717, 1.165) is 24.9 Å². The molecule has 0 bridgehead atoms. The maximum Gasteiger partial charge on any atom is -0.00229 e. The van der Waals surface area contributed by atoms with E-state index in [1.807, 2.05) is 0 Å². The standard InChI is InChI=1S/C18H31N/c1-14(2)12-19-13-16(5)6-7-17-8-10-18(11-9-17)15(3)4/h8-11,14-16,19H,6-7,12-13H2,1-5H3. The van der Waals surface area contributed by atoms with Gasteiger partial charge in [0.25, 0.3) is 0 Å². The Morgan fingerprint density at radius 2 is 1.53 bits per heavy atom. The first-order valence-electron chi connectivity index (χ1n) is 7.78. The minimum absolute atomic E-state index is 0.633. The molecule has 0 aliphatic carbocycles. The highest BCUT2D eigenvalue weighted by Gasteiger charge is 2.04. The topological polar surface area (TPSA) is 12.0 Å². The van der Waals surface area contributed by atoms with Gasteiger partial charge in [0.1, 0.15) is 0 Å². The highest BCUT2D eigenvalue weighted by Crippen LogP contribution is 2.16. The highest BCUT2D eigenvalue weighted by molar-refractivity contribution is 5.24. The third-order valence-corrected chi connectivity index (χ3v) is 3.62. The van der Waals surface area contributed by atoms with Crippen LogP contribution < -0.4 is 5.32 Å². The fourth-order valence-corrected chi connectivity index (χ4v) is 2.20. The third kappa shape index (κ3) is 6.77. The number of nitrogens with one attached hydrogen (secondary N) is 1. The molecule has 0 aliphatic rings. The van der Waals surface area contributed by atoms with E-state index in [0.29, 0.717) is 5.92 Å². The fourth-order valence-electron chi connectivity index (χ4n) is 2.20. The largest absolute Gasteiger partial charge is 0.316 e. The number of rotatable bonds is 8. The zero-order valence-electron chi connectivity index (χ0n) is 13.4. The van der Waals surface area contributed by atoms with Crippen molar-refractivity contribution in [3.8, 4) is 0 Å². The average molecular weight is 261 g/mol. The van der Waals surface area contributed by atoms with E-state index in [4.69, 9.17) is 0 Å². The summed E-state index contributed by atoms with van der Waals surface area (Å²) in [7, 11) is 0. The van der Waals surface area contributed by atoms with Gasteiger partial charge in [0.15, 0.2) is 0 Å². The summed E-state index contributed by atoms with van der Waals surface area (Å²) < 4.78 is 0. The maximum absolute atomic E-state index is 3.54. The zero-order valence-corrected chi connectivity index (χ0v) is 13.4. The Balaban J connectivity index is 2.27. The molecule has 108 valence electrons. The van der Waals surface area contributed by atoms with Gasteiger partial charge in [-0.2, -0.15) is 0 Å². The van der Waals surface area contributed by atoms with Gasteiger partial charge in [0, 0.05) is 0 Å². The van der Waals surface area contributed by atoms with Crippen molar-refractivity contribution in [1.29, 1.82) is 0 Å². The van der Waals surface area contributed by atoms with Gasteiger partial charge in [-0.05, 0) is 54.8 Å². The van der Waals surface area contributed by atoms with Crippen molar-refractivity contribution in [3.05, 3.63) is 35.4 Å². The summed E-state index contributed by atoms with van der Waals surface area (Å²) in [5.41, 5.74) is 2.91. The summed E-state index contributed by atoms with van der Waals surface area (Å²) in [5.74, 6) is 2.13. The Morgan fingerprint density at radius 1 is 0.895 bits per heavy atom. The molecular formula is C18H31N. The average Bonchev–Trinajstić information content (AvgIpc) is 2.36. The van der Waals surface area contributed by atoms with Crippen molar-refractivity contribution in [2.24, 2.45) is 11.8 Å².